The molecule has 0 radical (unpaired) electrons. The third-order valence-corrected chi connectivity index (χ3v) is 4.18. The molecule has 1 fully saturated rings. The third-order valence-electron chi connectivity index (χ3n) is 4.18. The van der Waals surface area contributed by atoms with Crippen molar-refractivity contribution in [2.24, 2.45) is 0 Å². The molecule has 2 rings (SSSR count). The van der Waals surface area contributed by atoms with E-state index in [1.807, 2.05) is 0 Å². The lowest BCUT2D eigenvalue weighted by Gasteiger charge is -2.41. The third kappa shape index (κ3) is 4.92. The quantitative estimate of drug-likeness (QED) is 0.823. The summed E-state index contributed by atoms with van der Waals surface area (Å²) in [5.74, 6) is -1.18. The summed E-state index contributed by atoms with van der Waals surface area (Å²) >= 11 is 0. The summed E-state index contributed by atoms with van der Waals surface area (Å²) in [5.41, 5.74) is -0.677. The van der Waals surface area contributed by atoms with Gasteiger partial charge in [0.15, 0.2) is 0 Å². The summed E-state index contributed by atoms with van der Waals surface area (Å²) in [5, 5.41) is 8.70. The minimum atomic E-state index is -0.993. The zero-order valence-corrected chi connectivity index (χ0v) is 13.7. The molecule has 0 aromatic heterocycles. The highest BCUT2D eigenvalue weighted by atomic mass is 19.1. The van der Waals surface area contributed by atoms with Gasteiger partial charge in [-0.15, -0.1) is 0 Å². The van der Waals surface area contributed by atoms with Crippen molar-refractivity contribution in [3.05, 3.63) is 30.1 Å². The number of benzene rings is 1. The number of amides is 1. The SMILES string of the molecule is CO[C@@]1(COc2cccc(F)c2)CCCN(C(=O)CCC(=O)O)C1. The maximum absolute atomic E-state index is 13.2. The van der Waals surface area contributed by atoms with E-state index in [1.165, 1.54) is 12.1 Å². The Morgan fingerprint density at radius 2 is 2.17 bits per heavy atom. The first-order chi connectivity index (χ1) is 11.4. The zero-order chi connectivity index (χ0) is 17.6. The van der Waals surface area contributed by atoms with E-state index in [0.29, 0.717) is 25.3 Å². The number of ether oxygens (including phenoxy) is 2. The van der Waals surface area contributed by atoms with Crippen LogP contribution in [0.5, 0.6) is 5.75 Å². The molecule has 1 aromatic carbocycles. The Morgan fingerprint density at radius 1 is 1.38 bits per heavy atom. The van der Waals surface area contributed by atoms with Crippen molar-refractivity contribution >= 4 is 11.9 Å². The average molecular weight is 339 g/mol. The molecule has 7 heteroatoms. The summed E-state index contributed by atoms with van der Waals surface area (Å²) in [4.78, 5) is 24.4. The fraction of sp³-hybridized carbons (Fsp3) is 0.529. The van der Waals surface area contributed by atoms with E-state index >= 15 is 0 Å². The maximum Gasteiger partial charge on any atom is 0.303 e. The fourth-order valence-corrected chi connectivity index (χ4v) is 2.80. The van der Waals surface area contributed by atoms with Crippen LogP contribution in [0.15, 0.2) is 24.3 Å². The predicted molar refractivity (Wildman–Crippen MR) is 84.3 cm³/mol. The molecule has 0 saturated carbocycles. The first-order valence-electron chi connectivity index (χ1n) is 7.87. The standard InChI is InChI=1S/C17H22FNO5/c1-23-17(12-24-14-5-2-4-13(18)10-14)8-3-9-19(11-17)15(20)6-7-16(21)22/h2,4-5,10H,3,6-9,11-12H2,1H3,(H,21,22)/t17-/m0/s1. The maximum atomic E-state index is 13.2. The zero-order valence-electron chi connectivity index (χ0n) is 13.7. The van der Waals surface area contributed by atoms with Crippen molar-refractivity contribution in [1.82, 2.24) is 4.90 Å². The Bertz CT molecular complexity index is 594. The number of hydrogen-bond donors (Lipinski definition) is 1. The van der Waals surface area contributed by atoms with Crippen LogP contribution in [0.3, 0.4) is 0 Å². The van der Waals surface area contributed by atoms with E-state index in [-0.39, 0.29) is 31.2 Å². The van der Waals surface area contributed by atoms with Gasteiger partial charge in [-0.2, -0.15) is 0 Å². The molecule has 1 atom stereocenters. The number of nitrogens with zero attached hydrogens (tertiary/aromatic N) is 1. The number of carbonyl (C=O) groups excluding carboxylic acids is 1. The number of carboxylic acids is 1. The van der Waals surface area contributed by atoms with Gasteiger partial charge in [-0.1, -0.05) is 6.07 Å². The first kappa shape index (κ1) is 18.2. The van der Waals surface area contributed by atoms with Gasteiger partial charge in [-0.3, -0.25) is 9.59 Å². The fourth-order valence-electron chi connectivity index (χ4n) is 2.80. The van der Waals surface area contributed by atoms with E-state index in [9.17, 15) is 14.0 Å². The second-order valence-electron chi connectivity index (χ2n) is 5.95. The van der Waals surface area contributed by atoms with Crippen LogP contribution in [0, 0.1) is 5.82 Å². The molecule has 0 bridgehead atoms. The first-order valence-corrected chi connectivity index (χ1v) is 7.87. The molecular weight excluding hydrogens is 317 g/mol. The number of piperidine rings is 1. The lowest BCUT2D eigenvalue weighted by atomic mass is 9.93. The van der Waals surface area contributed by atoms with Crippen molar-refractivity contribution in [3.8, 4) is 5.75 Å². The Hall–Kier alpha value is -2.15. The van der Waals surface area contributed by atoms with Gasteiger partial charge in [0.25, 0.3) is 0 Å². The van der Waals surface area contributed by atoms with E-state index in [0.717, 1.165) is 6.42 Å². The number of aliphatic carboxylic acids is 1. The van der Waals surface area contributed by atoms with E-state index < -0.39 is 11.6 Å². The number of rotatable bonds is 7. The lowest BCUT2D eigenvalue weighted by molar-refractivity contribution is -0.146. The smallest absolute Gasteiger partial charge is 0.303 e. The Labute approximate surface area is 140 Å². The van der Waals surface area contributed by atoms with Crippen LogP contribution in [0.4, 0.5) is 4.39 Å². The summed E-state index contributed by atoms with van der Waals surface area (Å²) in [6.45, 7) is 1.09. The van der Waals surface area contributed by atoms with Crippen molar-refractivity contribution in [2.75, 3.05) is 26.8 Å². The average Bonchev–Trinajstić information content (AvgIpc) is 2.58. The van der Waals surface area contributed by atoms with Crippen molar-refractivity contribution in [3.63, 3.8) is 0 Å². The minimum absolute atomic E-state index is 0.0279. The van der Waals surface area contributed by atoms with Gasteiger partial charge in [0.05, 0.1) is 13.0 Å². The summed E-state index contributed by atoms with van der Waals surface area (Å²) in [6.07, 6.45) is 1.23. The van der Waals surface area contributed by atoms with Crippen LogP contribution in [0.2, 0.25) is 0 Å². The molecule has 1 amide bonds. The highest BCUT2D eigenvalue weighted by Gasteiger charge is 2.38. The van der Waals surface area contributed by atoms with Gasteiger partial charge in [0.2, 0.25) is 5.91 Å². The van der Waals surface area contributed by atoms with Crippen LogP contribution in [-0.4, -0.2) is 54.3 Å². The van der Waals surface area contributed by atoms with Gasteiger partial charge in [0.1, 0.15) is 23.8 Å². The number of carboxylic acid groups (broad SMARTS) is 1. The predicted octanol–water partition coefficient (Wildman–Crippen LogP) is 2.08. The molecule has 6 nitrogen and oxygen atoms in total. The van der Waals surface area contributed by atoms with Crippen molar-refractivity contribution in [1.29, 1.82) is 0 Å². The van der Waals surface area contributed by atoms with Crippen LogP contribution in [0.1, 0.15) is 25.7 Å². The molecule has 24 heavy (non-hydrogen) atoms. The molecule has 1 saturated heterocycles. The minimum Gasteiger partial charge on any atom is -0.490 e. The molecule has 0 unspecified atom stereocenters. The number of methoxy groups -OCH3 is 1. The second kappa shape index (κ2) is 8.10. The van der Waals surface area contributed by atoms with Gasteiger partial charge in [-0.25, -0.2) is 4.39 Å². The van der Waals surface area contributed by atoms with Crippen molar-refractivity contribution in [2.45, 2.75) is 31.3 Å². The van der Waals surface area contributed by atoms with Crippen molar-refractivity contribution < 1.29 is 28.6 Å². The summed E-state index contributed by atoms with van der Waals surface area (Å²) < 4.78 is 24.5. The Morgan fingerprint density at radius 3 is 2.83 bits per heavy atom. The van der Waals surface area contributed by atoms with E-state index in [2.05, 4.69) is 0 Å². The molecule has 0 spiro atoms. The molecule has 1 heterocycles. The Kier molecular flexibility index (Phi) is 6.14. The monoisotopic (exact) mass is 339 g/mol. The largest absolute Gasteiger partial charge is 0.490 e. The Balaban J connectivity index is 1.97. The number of hydrogen-bond acceptors (Lipinski definition) is 4. The van der Waals surface area contributed by atoms with Crippen LogP contribution in [-0.2, 0) is 14.3 Å². The molecule has 1 aliphatic heterocycles. The lowest BCUT2D eigenvalue weighted by Crippen LogP contribution is -2.54. The molecule has 1 N–H and O–H groups in total. The van der Waals surface area contributed by atoms with Gasteiger partial charge >= 0.3 is 5.97 Å². The molecule has 1 aromatic rings. The van der Waals surface area contributed by atoms with Gasteiger partial charge in [-0.05, 0) is 25.0 Å². The van der Waals surface area contributed by atoms with E-state index in [1.54, 1.807) is 24.1 Å². The number of carbonyl (C=O) groups is 2. The van der Waals surface area contributed by atoms with Crippen LogP contribution < -0.4 is 4.74 Å². The second-order valence-corrected chi connectivity index (χ2v) is 5.95. The highest BCUT2D eigenvalue weighted by Crippen LogP contribution is 2.27. The van der Waals surface area contributed by atoms with Gasteiger partial charge < -0.3 is 19.5 Å². The van der Waals surface area contributed by atoms with Crippen LogP contribution >= 0.6 is 0 Å². The van der Waals surface area contributed by atoms with E-state index in [4.69, 9.17) is 14.6 Å². The number of halogens is 1. The molecular formula is C17H22FNO5. The molecule has 132 valence electrons. The summed E-state index contributed by atoms with van der Waals surface area (Å²) in [6, 6.07) is 5.85. The number of likely N-dealkylation sites (tertiary alicyclic amines) is 1. The highest BCUT2D eigenvalue weighted by molar-refractivity contribution is 5.80. The molecule has 0 aliphatic carbocycles. The van der Waals surface area contributed by atoms with Gasteiger partial charge in [0, 0.05) is 26.1 Å². The van der Waals surface area contributed by atoms with Crippen LogP contribution in [0.25, 0.3) is 0 Å². The molecule has 1 aliphatic rings. The normalized spacial score (nSPS) is 20.7. The topological polar surface area (TPSA) is 76.1 Å². The summed E-state index contributed by atoms with van der Waals surface area (Å²) in [7, 11) is 1.56.